The summed E-state index contributed by atoms with van der Waals surface area (Å²) >= 11 is 3.40. The van der Waals surface area contributed by atoms with E-state index in [0.717, 1.165) is 16.4 Å². The molecule has 20 heavy (non-hydrogen) atoms. The first-order chi connectivity index (χ1) is 9.69. The van der Waals surface area contributed by atoms with Crippen molar-refractivity contribution in [1.82, 2.24) is 15.1 Å². The van der Waals surface area contributed by atoms with Gasteiger partial charge in [-0.3, -0.25) is 4.79 Å². The molecule has 0 saturated carbocycles. The predicted molar refractivity (Wildman–Crippen MR) is 80.9 cm³/mol. The lowest BCUT2D eigenvalue weighted by Gasteiger charge is -2.32. The summed E-state index contributed by atoms with van der Waals surface area (Å²) in [7, 11) is 0. The van der Waals surface area contributed by atoms with E-state index in [4.69, 9.17) is 0 Å². The lowest BCUT2D eigenvalue weighted by molar-refractivity contribution is -0.119. The summed E-state index contributed by atoms with van der Waals surface area (Å²) in [4.78, 5) is 25.8. The lowest BCUT2D eigenvalue weighted by Crippen LogP contribution is -2.50. The summed E-state index contributed by atoms with van der Waals surface area (Å²) in [6.45, 7) is 2.31. The third-order valence-corrected chi connectivity index (χ3v) is 3.58. The van der Waals surface area contributed by atoms with Crippen molar-refractivity contribution in [2.24, 2.45) is 0 Å². The average Bonchev–Trinajstić information content (AvgIpc) is 2.47. The van der Waals surface area contributed by atoms with Gasteiger partial charge in [-0.05, 0) is 23.8 Å². The first-order valence-corrected chi connectivity index (χ1v) is 7.15. The molecule has 0 radical (unpaired) electrons. The molecule has 1 heterocycles. The van der Waals surface area contributed by atoms with Crippen LogP contribution in [0.1, 0.15) is 5.56 Å². The van der Waals surface area contributed by atoms with Gasteiger partial charge >= 0.3 is 6.03 Å². The Balaban J connectivity index is 1.82. The molecule has 1 aliphatic heterocycles. The number of carbonyl (C=O) groups excluding carboxylic acids is 2. The Hall–Kier alpha value is -1.82. The fourth-order valence-electron chi connectivity index (χ4n) is 1.94. The van der Waals surface area contributed by atoms with Crippen LogP contribution in [0.4, 0.5) is 4.79 Å². The van der Waals surface area contributed by atoms with Gasteiger partial charge in [-0.15, -0.1) is 0 Å². The molecule has 1 aromatic rings. The van der Waals surface area contributed by atoms with Crippen molar-refractivity contribution >= 4 is 34.4 Å². The molecule has 0 unspecified atom stereocenters. The first-order valence-electron chi connectivity index (χ1n) is 6.36. The van der Waals surface area contributed by atoms with E-state index in [-0.39, 0.29) is 6.03 Å². The molecule has 0 atom stereocenters. The Labute approximate surface area is 126 Å². The Morgan fingerprint density at radius 3 is 2.65 bits per heavy atom. The number of halogens is 1. The minimum Gasteiger partial charge on any atom is -0.342 e. The van der Waals surface area contributed by atoms with Gasteiger partial charge in [0.15, 0.2) is 0 Å². The van der Waals surface area contributed by atoms with Gasteiger partial charge < -0.3 is 15.1 Å². The zero-order valence-electron chi connectivity index (χ0n) is 11.0. The molecule has 1 saturated heterocycles. The van der Waals surface area contributed by atoms with Crippen LogP contribution in [0.15, 0.2) is 34.9 Å². The fraction of sp³-hybridized carbons (Fsp3) is 0.286. The second-order valence-corrected chi connectivity index (χ2v) is 5.38. The molecule has 1 aliphatic rings. The van der Waals surface area contributed by atoms with Crippen LogP contribution < -0.4 is 5.32 Å². The van der Waals surface area contributed by atoms with E-state index in [9.17, 15) is 9.59 Å². The second kappa shape index (κ2) is 7.09. The van der Waals surface area contributed by atoms with Crippen LogP contribution >= 0.6 is 15.9 Å². The van der Waals surface area contributed by atoms with Gasteiger partial charge in [0.1, 0.15) is 0 Å². The molecule has 0 bridgehead atoms. The average molecular weight is 338 g/mol. The van der Waals surface area contributed by atoms with Gasteiger partial charge in [0.05, 0.1) is 0 Å². The number of rotatable bonds is 3. The summed E-state index contributed by atoms with van der Waals surface area (Å²) in [6, 6.07) is 7.66. The maximum atomic E-state index is 11.9. The third kappa shape index (κ3) is 4.09. The molecule has 5 nitrogen and oxygen atoms in total. The number of piperazine rings is 1. The van der Waals surface area contributed by atoms with Crippen LogP contribution in [0.25, 0.3) is 6.08 Å². The topological polar surface area (TPSA) is 52.7 Å². The molecule has 3 amide bonds. The van der Waals surface area contributed by atoms with E-state index in [0.29, 0.717) is 26.2 Å². The maximum absolute atomic E-state index is 11.9. The summed E-state index contributed by atoms with van der Waals surface area (Å²) < 4.78 is 0.996. The van der Waals surface area contributed by atoms with Gasteiger partial charge in [0.25, 0.3) is 0 Å². The maximum Gasteiger partial charge on any atom is 0.321 e. The molecule has 106 valence electrons. The quantitative estimate of drug-likeness (QED) is 0.856. The van der Waals surface area contributed by atoms with E-state index in [1.54, 1.807) is 16.0 Å². The molecule has 0 aliphatic carbocycles. The third-order valence-electron chi connectivity index (χ3n) is 3.08. The molecular weight excluding hydrogens is 322 g/mol. The molecule has 6 heteroatoms. The highest BCUT2D eigenvalue weighted by Crippen LogP contribution is 2.12. The van der Waals surface area contributed by atoms with Crippen molar-refractivity contribution in [2.45, 2.75) is 0 Å². The highest BCUT2D eigenvalue weighted by molar-refractivity contribution is 9.10. The summed E-state index contributed by atoms with van der Waals surface area (Å²) in [5, 5.41) is 2.74. The summed E-state index contributed by atoms with van der Waals surface area (Å²) in [5.74, 6) is 0. The van der Waals surface area contributed by atoms with Crippen LogP contribution in [0.2, 0.25) is 0 Å². The van der Waals surface area contributed by atoms with E-state index in [1.165, 1.54) is 0 Å². The molecule has 0 spiro atoms. The Bertz CT molecular complexity index is 511. The van der Waals surface area contributed by atoms with Crippen LogP contribution in [0, 0.1) is 0 Å². The first kappa shape index (κ1) is 14.6. The zero-order chi connectivity index (χ0) is 14.4. The zero-order valence-corrected chi connectivity index (χ0v) is 12.5. The number of nitrogens with zero attached hydrogens (tertiary/aromatic N) is 2. The number of carbonyl (C=O) groups is 2. The van der Waals surface area contributed by atoms with Crippen molar-refractivity contribution < 1.29 is 9.59 Å². The number of amides is 3. The van der Waals surface area contributed by atoms with Crippen molar-refractivity contribution in [1.29, 1.82) is 0 Å². The van der Waals surface area contributed by atoms with Crippen LogP contribution in [0.3, 0.4) is 0 Å². The highest BCUT2D eigenvalue weighted by Gasteiger charge is 2.18. The normalized spacial score (nSPS) is 15.4. The molecular formula is C14H16BrN3O2. The number of nitrogens with one attached hydrogen (secondary N) is 1. The van der Waals surface area contributed by atoms with Gasteiger partial charge in [-0.2, -0.15) is 0 Å². The van der Waals surface area contributed by atoms with E-state index in [2.05, 4.69) is 21.2 Å². The molecule has 1 N–H and O–H groups in total. The van der Waals surface area contributed by atoms with Crippen LogP contribution in [-0.2, 0) is 4.79 Å². The largest absolute Gasteiger partial charge is 0.342 e. The standard InChI is InChI=1S/C14H16BrN3O2/c15-13-3-1-2-12(10-13)4-5-16-14(20)18-8-6-17(11-19)7-9-18/h1-5,10-11H,6-9H2,(H,16,20)/b5-4+. The minimum atomic E-state index is -0.137. The summed E-state index contributed by atoms with van der Waals surface area (Å²) in [5.41, 5.74) is 1.01. The number of hydrogen-bond acceptors (Lipinski definition) is 2. The SMILES string of the molecule is O=CN1CCN(C(=O)N/C=C/c2cccc(Br)c2)CC1. The van der Waals surface area contributed by atoms with Crippen molar-refractivity contribution in [3.05, 3.63) is 40.5 Å². The van der Waals surface area contributed by atoms with Crippen LogP contribution in [0.5, 0.6) is 0 Å². The summed E-state index contributed by atoms with van der Waals surface area (Å²) in [6.07, 6.45) is 4.29. The van der Waals surface area contributed by atoms with E-state index >= 15 is 0 Å². The molecule has 0 aromatic heterocycles. The van der Waals surface area contributed by atoms with Gasteiger partial charge in [-0.1, -0.05) is 28.1 Å². The van der Waals surface area contributed by atoms with Gasteiger partial charge in [-0.25, -0.2) is 4.79 Å². The van der Waals surface area contributed by atoms with E-state index in [1.807, 2.05) is 30.3 Å². The smallest absolute Gasteiger partial charge is 0.321 e. The Morgan fingerprint density at radius 1 is 1.25 bits per heavy atom. The van der Waals surface area contributed by atoms with E-state index < -0.39 is 0 Å². The van der Waals surface area contributed by atoms with Crippen LogP contribution in [-0.4, -0.2) is 48.4 Å². The molecule has 1 fully saturated rings. The monoisotopic (exact) mass is 337 g/mol. The Kier molecular flexibility index (Phi) is 5.17. The lowest BCUT2D eigenvalue weighted by atomic mass is 10.2. The number of urea groups is 1. The fourth-order valence-corrected chi connectivity index (χ4v) is 2.36. The minimum absolute atomic E-state index is 0.137. The highest BCUT2D eigenvalue weighted by atomic mass is 79.9. The Morgan fingerprint density at radius 2 is 2.00 bits per heavy atom. The van der Waals surface area contributed by atoms with Gasteiger partial charge in [0.2, 0.25) is 6.41 Å². The molecule has 2 rings (SSSR count). The van der Waals surface area contributed by atoms with Crippen molar-refractivity contribution in [2.75, 3.05) is 26.2 Å². The second-order valence-electron chi connectivity index (χ2n) is 4.47. The van der Waals surface area contributed by atoms with Crippen molar-refractivity contribution in [3.8, 4) is 0 Å². The predicted octanol–water partition coefficient (Wildman–Crippen LogP) is 1.90. The molecule has 1 aromatic carbocycles. The number of benzene rings is 1. The van der Waals surface area contributed by atoms with Crippen molar-refractivity contribution in [3.63, 3.8) is 0 Å². The van der Waals surface area contributed by atoms with Gasteiger partial charge in [0, 0.05) is 36.9 Å². The number of hydrogen-bond donors (Lipinski definition) is 1.